The number of nitro groups is 1. The highest BCUT2D eigenvalue weighted by atomic mass is 79.9. The van der Waals surface area contributed by atoms with Crippen LogP contribution >= 0.6 is 15.9 Å². The van der Waals surface area contributed by atoms with Gasteiger partial charge in [0.1, 0.15) is 5.69 Å². The third kappa shape index (κ3) is 3.23. The zero-order valence-corrected chi connectivity index (χ0v) is 11.7. The van der Waals surface area contributed by atoms with Crippen molar-refractivity contribution in [3.63, 3.8) is 0 Å². The molecule has 21 heavy (non-hydrogen) atoms. The van der Waals surface area contributed by atoms with Crippen molar-refractivity contribution in [2.75, 3.05) is 0 Å². The number of H-pyrrole nitrogens is 2. The van der Waals surface area contributed by atoms with Crippen LogP contribution in [0, 0.1) is 10.1 Å². The average Bonchev–Trinajstić information content (AvgIpc) is 2.40. The van der Waals surface area contributed by atoms with Gasteiger partial charge >= 0.3 is 11.4 Å². The number of aromatic amines is 2. The summed E-state index contributed by atoms with van der Waals surface area (Å²) in [5.41, 5.74) is -1.97. The summed E-state index contributed by atoms with van der Waals surface area (Å²) in [5, 5.41) is 20.6. The maximum Gasteiger partial charge on any atom is 0.325 e. The molecule has 1 aromatic carbocycles. The highest BCUT2D eigenvalue weighted by Crippen LogP contribution is 2.32. The van der Waals surface area contributed by atoms with Gasteiger partial charge in [0.2, 0.25) is 5.75 Å². The van der Waals surface area contributed by atoms with Gasteiger partial charge < -0.3 is 10.1 Å². The van der Waals surface area contributed by atoms with Crippen LogP contribution in [0.25, 0.3) is 0 Å². The third-order valence-electron chi connectivity index (χ3n) is 2.42. The monoisotopic (exact) mass is 354 g/mol. The topological polar surface area (TPSA) is 141 Å². The van der Waals surface area contributed by atoms with Crippen molar-refractivity contribution < 1.29 is 10.0 Å². The van der Waals surface area contributed by atoms with Crippen LogP contribution in [0.3, 0.4) is 0 Å². The number of nitro benzene ring substituents is 1. The number of aromatic hydroxyl groups is 1. The Morgan fingerprint density at radius 1 is 1.38 bits per heavy atom. The maximum absolute atomic E-state index is 11.4. The van der Waals surface area contributed by atoms with Crippen LogP contribution < -0.4 is 11.2 Å². The number of nitrogens with one attached hydrogen (secondary N) is 2. The fraction of sp³-hybridized carbons (Fsp3) is 0. The molecular weight excluding hydrogens is 348 g/mol. The maximum atomic E-state index is 11.4. The molecule has 108 valence electrons. The van der Waals surface area contributed by atoms with E-state index in [4.69, 9.17) is 0 Å². The van der Waals surface area contributed by atoms with E-state index in [0.717, 1.165) is 18.5 Å². The van der Waals surface area contributed by atoms with Gasteiger partial charge in [0.25, 0.3) is 5.56 Å². The minimum absolute atomic E-state index is 0.0432. The average molecular weight is 355 g/mol. The molecule has 0 saturated carbocycles. The van der Waals surface area contributed by atoms with Gasteiger partial charge in [-0.2, -0.15) is 0 Å². The summed E-state index contributed by atoms with van der Waals surface area (Å²) in [6, 6.07) is 2.53. The van der Waals surface area contributed by atoms with Crippen molar-refractivity contribution in [3.05, 3.63) is 59.3 Å². The van der Waals surface area contributed by atoms with Crippen LogP contribution in [0.5, 0.6) is 5.75 Å². The molecule has 3 N–H and O–H groups in total. The van der Waals surface area contributed by atoms with Crippen molar-refractivity contribution in [3.8, 4) is 5.75 Å². The van der Waals surface area contributed by atoms with E-state index in [2.05, 4.69) is 25.9 Å². The normalized spacial score (nSPS) is 10.9. The molecule has 1 aromatic heterocycles. The van der Waals surface area contributed by atoms with Crippen molar-refractivity contribution in [1.82, 2.24) is 9.97 Å². The second-order valence-corrected chi connectivity index (χ2v) is 4.75. The Labute approximate surface area is 124 Å². The lowest BCUT2D eigenvalue weighted by Gasteiger charge is -2.01. The van der Waals surface area contributed by atoms with Gasteiger partial charge in [0, 0.05) is 28.5 Å². The van der Waals surface area contributed by atoms with E-state index in [9.17, 15) is 24.8 Å². The number of hydrogen-bond donors (Lipinski definition) is 3. The molecule has 0 amide bonds. The molecule has 0 radical (unpaired) electrons. The van der Waals surface area contributed by atoms with Crippen LogP contribution in [0.15, 0.2) is 37.4 Å². The lowest BCUT2D eigenvalue weighted by molar-refractivity contribution is -0.385. The molecule has 10 heteroatoms. The van der Waals surface area contributed by atoms with E-state index in [0.29, 0.717) is 4.47 Å². The molecule has 0 unspecified atom stereocenters. The molecule has 0 aliphatic carbocycles. The Hall–Kier alpha value is -2.75. The van der Waals surface area contributed by atoms with Gasteiger partial charge in [-0.05, 0) is 6.07 Å². The summed E-state index contributed by atoms with van der Waals surface area (Å²) >= 11 is 3.07. The summed E-state index contributed by atoms with van der Waals surface area (Å²) in [5.74, 6) is -0.576. The molecule has 0 bridgehead atoms. The standard InChI is InChI=1S/C11H7BrN4O5/c12-6-1-5(9(17)8(2-6)16(20)21)3-13-7-4-14-11(19)15-10(7)18/h1-4,17H,(H2,14,15,18,19). The van der Waals surface area contributed by atoms with Gasteiger partial charge in [-0.25, -0.2) is 9.79 Å². The smallest absolute Gasteiger partial charge is 0.325 e. The quantitative estimate of drug-likeness (QED) is 0.431. The number of phenols is 1. The first-order valence-corrected chi connectivity index (χ1v) is 6.21. The predicted octanol–water partition coefficient (Wildman–Crippen LogP) is 1.19. The molecule has 0 aliphatic rings. The third-order valence-corrected chi connectivity index (χ3v) is 2.88. The Morgan fingerprint density at radius 2 is 2.10 bits per heavy atom. The number of halogens is 1. The molecule has 2 rings (SSSR count). The molecular formula is C11H7BrN4O5. The number of hydrogen-bond acceptors (Lipinski definition) is 6. The van der Waals surface area contributed by atoms with E-state index < -0.39 is 27.6 Å². The SMILES string of the molecule is O=c1[nH]cc(N=Cc2cc(Br)cc([N+](=O)[O-])c2O)c(=O)[nH]1. The summed E-state index contributed by atoms with van der Waals surface area (Å²) < 4.78 is 0.365. The van der Waals surface area contributed by atoms with Crippen LogP contribution in [-0.2, 0) is 0 Å². The van der Waals surface area contributed by atoms with Crippen molar-refractivity contribution in [2.24, 2.45) is 4.99 Å². The van der Waals surface area contributed by atoms with Gasteiger partial charge in [0.05, 0.1) is 4.92 Å². The lowest BCUT2D eigenvalue weighted by atomic mass is 10.2. The highest BCUT2D eigenvalue weighted by Gasteiger charge is 2.17. The van der Waals surface area contributed by atoms with Crippen LogP contribution in [0.2, 0.25) is 0 Å². The lowest BCUT2D eigenvalue weighted by Crippen LogP contribution is -2.20. The Balaban J connectivity index is 2.48. The fourth-order valence-corrected chi connectivity index (χ4v) is 1.94. The fourth-order valence-electron chi connectivity index (χ4n) is 1.48. The molecule has 2 aromatic rings. The number of rotatable bonds is 3. The largest absolute Gasteiger partial charge is 0.502 e. The number of benzene rings is 1. The second kappa shape index (κ2) is 5.71. The van der Waals surface area contributed by atoms with E-state index in [1.807, 2.05) is 4.98 Å². The molecule has 0 atom stereocenters. The minimum atomic E-state index is -0.746. The van der Waals surface area contributed by atoms with Crippen LogP contribution in [-0.4, -0.2) is 26.2 Å². The Bertz CT molecular complexity index is 854. The first-order valence-electron chi connectivity index (χ1n) is 5.41. The summed E-state index contributed by atoms with van der Waals surface area (Å²) in [6.45, 7) is 0. The zero-order valence-electron chi connectivity index (χ0n) is 10.2. The van der Waals surface area contributed by atoms with Crippen LogP contribution in [0.1, 0.15) is 5.56 Å². The van der Waals surface area contributed by atoms with Gasteiger partial charge in [-0.1, -0.05) is 15.9 Å². The number of aromatic nitrogens is 2. The second-order valence-electron chi connectivity index (χ2n) is 3.84. The number of phenolic OH excluding ortho intramolecular Hbond substituents is 1. The van der Waals surface area contributed by atoms with Crippen molar-refractivity contribution in [1.29, 1.82) is 0 Å². The number of nitrogens with zero attached hydrogens (tertiary/aromatic N) is 2. The first kappa shape index (κ1) is 14.7. The number of aliphatic imine (C=N–C) groups is 1. The van der Waals surface area contributed by atoms with E-state index >= 15 is 0 Å². The Morgan fingerprint density at radius 3 is 2.71 bits per heavy atom. The first-order chi connectivity index (χ1) is 9.88. The summed E-state index contributed by atoms with van der Waals surface area (Å²) in [4.78, 5) is 40.3. The molecule has 0 saturated heterocycles. The molecule has 0 spiro atoms. The molecule has 9 nitrogen and oxygen atoms in total. The van der Waals surface area contributed by atoms with Crippen molar-refractivity contribution in [2.45, 2.75) is 0 Å². The van der Waals surface area contributed by atoms with Gasteiger partial charge in [0.15, 0.2) is 0 Å². The highest BCUT2D eigenvalue weighted by molar-refractivity contribution is 9.10. The van der Waals surface area contributed by atoms with E-state index in [1.54, 1.807) is 0 Å². The van der Waals surface area contributed by atoms with Gasteiger partial charge in [-0.3, -0.25) is 19.9 Å². The zero-order chi connectivity index (χ0) is 15.6. The summed E-state index contributed by atoms with van der Waals surface area (Å²) in [6.07, 6.45) is 2.16. The van der Waals surface area contributed by atoms with Crippen molar-refractivity contribution >= 4 is 33.5 Å². The van der Waals surface area contributed by atoms with Crippen LogP contribution in [0.4, 0.5) is 11.4 Å². The minimum Gasteiger partial charge on any atom is -0.502 e. The molecule has 0 aliphatic heterocycles. The van der Waals surface area contributed by atoms with Gasteiger partial charge in [-0.15, -0.1) is 0 Å². The molecule has 1 heterocycles. The van der Waals surface area contributed by atoms with E-state index in [1.165, 1.54) is 6.07 Å². The van der Waals surface area contributed by atoms with E-state index in [-0.39, 0.29) is 11.3 Å². The Kier molecular flexibility index (Phi) is 3.98. The summed E-state index contributed by atoms with van der Waals surface area (Å²) in [7, 11) is 0. The predicted molar refractivity (Wildman–Crippen MR) is 77.4 cm³/mol. The molecule has 0 fully saturated rings.